The maximum absolute atomic E-state index is 13.1. The largest absolute Gasteiger partial charge is 0.357 e. The minimum Gasteiger partial charge on any atom is -0.357 e. The number of halogens is 1. The van der Waals surface area contributed by atoms with Gasteiger partial charge in [0.05, 0.1) is 11.9 Å². The molecule has 0 aliphatic carbocycles. The highest BCUT2D eigenvalue weighted by Crippen LogP contribution is 2.25. The fourth-order valence-corrected chi connectivity index (χ4v) is 4.78. The molecule has 0 fully saturated rings. The number of sulfonamides is 1. The number of amides is 2. The maximum atomic E-state index is 13.1. The number of nitrogens with one attached hydrogen (secondary N) is 1. The van der Waals surface area contributed by atoms with E-state index in [1.54, 1.807) is 19.1 Å². The minimum atomic E-state index is -3.54. The first-order valence-corrected chi connectivity index (χ1v) is 13.0. The van der Waals surface area contributed by atoms with Crippen molar-refractivity contribution in [1.29, 1.82) is 0 Å². The van der Waals surface area contributed by atoms with Crippen molar-refractivity contribution in [2.75, 3.05) is 24.2 Å². The summed E-state index contributed by atoms with van der Waals surface area (Å²) in [5, 5.41) is 3.09. The molecular weight excluding hydrogens is 462 g/mol. The van der Waals surface area contributed by atoms with Crippen molar-refractivity contribution in [3.05, 3.63) is 64.2 Å². The van der Waals surface area contributed by atoms with Crippen molar-refractivity contribution in [2.45, 2.75) is 46.2 Å². The van der Waals surface area contributed by atoms with Crippen molar-refractivity contribution < 1.29 is 18.0 Å². The van der Waals surface area contributed by atoms with Gasteiger partial charge in [0.2, 0.25) is 21.8 Å². The number of rotatable bonds is 10. The summed E-state index contributed by atoms with van der Waals surface area (Å²) in [6.07, 6.45) is 1.55. The summed E-state index contributed by atoms with van der Waals surface area (Å²) < 4.78 is 26.3. The van der Waals surface area contributed by atoms with Gasteiger partial charge in [-0.1, -0.05) is 41.9 Å². The number of hydrogen-bond donors (Lipinski definition) is 1. The molecule has 2 aromatic rings. The highest BCUT2D eigenvalue weighted by atomic mass is 35.5. The standard InChI is InChI=1S/C24H32ClN3O4S/c1-17-12-13-18(2)22(15-17)28(33(5,31)32)14-8-11-23(29)27(19(3)24(30)26-4)16-20-9-6-7-10-21(20)25/h6-7,9-10,12-13,15,19H,8,11,14,16H2,1-5H3,(H,26,30). The van der Waals surface area contributed by atoms with Crippen LogP contribution >= 0.6 is 11.6 Å². The first kappa shape index (κ1) is 26.7. The van der Waals surface area contributed by atoms with Crippen molar-refractivity contribution in [1.82, 2.24) is 10.2 Å². The highest BCUT2D eigenvalue weighted by molar-refractivity contribution is 7.92. The lowest BCUT2D eigenvalue weighted by atomic mass is 10.1. The maximum Gasteiger partial charge on any atom is 0.242 e. The van der Waals surface area contributed by atoms with Gasteiger partial charge in [-0.3, -0.25) is 13.9 Å². The second kappa shape index (κ2) is 11.5. The van der Waals surface area contributed by atoms with Gasteiger partial charge in [0.1, 0.15) is 6.04 Å². The van der Waals surface area contributed by atoms with Crippen LogP contribution < -0.4 is 9.62 Å². The molecule has 0 aliphatic rings. The van der Waals surface area contributed by atoms with Crippen molar-refractivity contribution in [3.63, 3.8) is 0 Å². The van der Waals surface area contributed by atoms with Gasteiger partial charge in [-0.25, -0.2) is 8.42 Å². The molecule has 7 nitrogen and oxygen atoms in total. The normalized spacial score (nSPS) is 12.2. The summed E-state index contributed by atoms with van der Waals surface area (Å²) in [4.78, 5) is 26.9. The molecule has 0 aliphatic heterocycles. The Morgan fingerprint density at radius 3 is 2.39 bits per heavy atom. The van der Waals surface area contributed by atoms with E-state index in [9.17, 15) is 18.0 Å². The van der Waals surface area contributed by atoms with Gasteiger partial charge in [-0.05, 0) is 56.0 Å². The second-order valence-corrected chi connectivity index (χ2v) is 10.4. The number of carbonyl (C=O) groups is 2. The molecule has 33 heavy (non-hydrogen) atoms. The molecular formula is C24H32ClN3O4S. The molecule has 0 aromatic heterocycles. The van der Waals surface area contributed by atoms with Gasteiger partial charge in [-0.2, -0.15) is 0 Å². The molecule has 0 saturated heterocycles. The number of likely N-dealkylation sites (N-methyl/N-ethyl adjacent to an activating group) is 1. The van der Waals surface area contributed by atoms with Gasteiger partial charge in [0.15, 0.2) is 0 Å². The van der Waals surface area contributed by atoms with Crippen LogP contribution in [-0.2, 0) is 26.2 Å². The molecule has 2 rings (SSSR count). The molecule has 1 unspecified atom stereocenters. The molecule has 0 spiro atoms. The average Bonchev–Trinajstić information content (AvgIpc) is 2.76. The van der Waals surface area contributed by atoms with Crippen LogP contribution in [0.25, 0.3) is 0 Å². The molecule has 0 saturated carbocycles. The van der Waals surface area contributed by atoms with Crippen molar-refractivity contribution in [2.24, 2.45) is 0 Å². The van der Waals surface area contributed by atoms with E-state index in [0.717, 1.165) is 22.9 Å². The molecule has 180 valence electrons. The van der Waals surface area contributed by atoms with Crippen LogP contribution in [0.1, 0.15) is 36.5 Å². The van der Waals surface area contributed by atoms with Gasteiger partial charge < -0.3 is 10.2 Å². The Morgan fingerprint density at radius 1 is 1.12 bits per heavy atom. The smallest absolute Gasteiger partial charge is 0.242 e. The van der Waals surface area contributed by atoms with Crippen LogP contribution in [0, 0.1) is 13.8 Å². The van der Waals surface area contributed by atoms with Crippen molar-refractivity contribution in [3.8, 4) is 0 Å². The predicted octanol–water partition coefficient (Wildman–Crippen LogP) is 3.67. The van der Waals surface area contributed by atoms with Crippen LogP contribution in [0.4, 0.5) is 5.69 Å². The van der Waals surface area contributed by atoms with E-state index in [-0.39, 0.29) is 31.3 Å². The third kappa shape index (κ3) is 7.20. The topological polar surface area (TPSA) is 86.8 Å². The van der Waals surface area contributed by atoms with Crippen LogP contribution in [0.5, 0.6) is 0 Å². The van der Waals surface area contributed by atoms with E-state index in [1.807, 2.05) is 44.2 Å². The third-order valence-electron chi connectivity index (χ3n) is 5.50. The zero-order chi connectivity index (χ0) is 24.8. The minimum absolute atomic E-state index is 0.0860. The van der Waals surface area contributed by atoms with Crippen LogP contribution in [0.3, 0.4) is 0 Å². The molecule has 0 bridgehead atoms. The Labute approximate surface area is 201 Å². The molecule has 1 N–H and O–H groups in total. The third-order valence-corrected chi connectivity index (χ3v) is 7.05. The SMILES string of the molecule is CNC(=O)C(C)N(Cc1ccccc1Cl)C(=O)CCCN(c1cc(C)ccc1C)S(C)(=O)=O. The Balaban J connectivity index is 2.19. The van der Waals surface area contributed by atoms with Crippen molar-refractivity contribution >= 4 is 39.1 Å². The monoisotopic (exact) mass is 493 g/mol. The highest BCUT2D eigenvalue weighted by Gasteiger charge is 2.26. The molecule has 2 aromatic carbocycles. The van der Waals surface area contributed by atoms with E-state index in [1.165, 1.54) is 16.3 Å². The van der Waals surface area contributed by atoms with Gasteiger partial charge >= 0.3 is 0 Å². The van der Waals surface area contributed by atoms with Crippen LogP contribution in [0.15, 0.2) is 42.5 Å². The summed E-state index contributed by atoms with van der Waals surface area (Å²) in [5.74, 6) is -0.538. The summed E-state index contributed by atoms with van der Waals surface area (Å²) in [6, 6.07) is 12.1. The molecule has 0 heterocycles. The molecule has 0 radical (unpaired) electrons. The fourth-order valence-electron chi connectivity index (χ4n) is 3.57. The van der Waals surface area contributed by atoms with E-state index in [2.05, 4.69) is 5.32 Å². The summed E-state index contributed by atoms with van der Waals surface area (Å²) in [5.41, 5.74) is 3.13. The predicted molar refractivity (Wildman–Crippen MR) is 133 cm³/mol. The van der Waals surface area contributed by atoms with Crippen LogP contribution in [0.2, 0.25) is 5.02 Å². The van der Waals surface area contributed by atoms with E-state index >= 15 is 0 Å². The first-order valence-electron chi connectivity index (χ1n) is 10.7. The Morgan fingerprint density at radius 2 is 1.79 bits per heavy atom. The Bertz CT molecular complexity index is 1100. The lowest BCUT2D eigenvalue weighted by molar-refractivity contribution is -0.140. The van der Waals surface area contributed by atoms with Gasteiger partial charge in [-0.15, -0.1) is 0 Å². The summed E-state index contributed by atoms with van der Waals surface area (Å²) >= 11 is 6.27. The quantitative estimate of drug-likeness (QED) is 0.547. The number of anilines is 1. The Hall–Kier alpha value is -2.58. The number of aryl methyl sites for hydroxylation is 2. The zero-order valence-corrected chi connectivity index (χ0v) is 21.3. The van der Waals surface area contributed by atoms with E-state index < -0.39 is 16.1 Å². The fraction of sp³-hybridized carbons (Fsp3) is 0.417. The number of benzene rings is 2. The summed E-state index contributed by atoms with van der Waals surface area (Å²) in [7, 11) is -2.02. The lowest BCUT2D eigenvalue weighted by Crippen LogP contribution is -2.46. The number of hydrogen-bond acceptors (Lipinski definition) is 4. The second-order valence-electron chi connectivity index (χ2n) is 8.13. The first-order chi connectivity index (χ1) is 15.5. The van der Waals surface area contributed by atoms with Gasteiger partial charge in [0, 0.05) is 31.6 Å². The molecule has 9 heteroatoms. The molecule has 2 amide bonds. The van der Waals surface area contributed by atoms with E-state index in [0.29, 0.717) is 17.1 Å². The van der Waals surface area contributed by atoms with Gasteiger partial charge in [0.25, 0.3) is 0 Å². The summed E-state index contributed by atoms with van der Waals surface area (Å²) in [6.45, 7) is 5.75. The van der Waals surface area contributed by atoms with E-state index in [4.69, 9.17) is 11.6 Å². The lowest BCUT2D eigenvalue weighted by Gasteiger charge is -2.29. The van der Waals surface area contributed by atoms with Crippen LogP contribution in [-0.4, -0.2) is 51.0 Å². The molecule has 1 atom stereocenters. The number of carbonyl (C=O) groups excluding carboxylic acids is 2. The average molecular weight is 494 g/mol. The Kier molecular flexibility index (Phi) is 9.31. The zero-order valence-electron chi connectivity index (χ0n) is 19.8. The number of nitrogens with zero attached hydrogens (tertiary/aromatic N) is 2.